The van der Waals surface area contributed by atoms with E-state index in [0.29, 0.717) is 11.1 Å². The van der Waals surface area contributed by atoms with Crippen molar-refractivity contribution >= 4 is 27.0 Å². The van der Waals surface area contributed by atoms with Crippen LogP contribution in [0.1, 0.15) is 15.9 Å². The van der Waals surface area contributed by atoms with Crippen molar-refractivity contribution < 1.29 is 13.2 Å². The van der Waals surface area contributed by atoms with Gasteiger partial charge in [0.25, 0.3) is 5.91 Å². The Balaban J connectivity index is 1.73. The van der Waals surface area contributed by atoms with Crippen LogP contribution in [0, 0.1) is 0 Å². The van der Waals surface area contributed by atoms with Gasteiger partial charge in [0.2, 0.25) is 10.0 Å². The highest BCUT2D eigenvalue weighted by molar-refractivity contribution is 7.89. The number of nitrogens with one attached hydrogen (secondary N) is 2. The molecule has 0 radical (unpaired) electrons. The molecular formula is C15H14N4O3S. The van der Waals surface area contributed by atoms with Crippen LogP contribution in [0.4, 0.5) is 0 Å². The summed E-state index contributed by atoms with van der Waals surface area (Å²) in [7, 11) is -3.71. The maximum atomic E-state index is 12.3. The van der Waals surface area contributed by atoms with Gasteiger partial charge in [0.05, 0.1) is 22.3 Å². The Hall–Kier alpha value is -2.71. The van der Waals surface area contributed by atoms with E-state index in [-0.39, 0.29) is 17.3 Å². The minimum atomic E-state index is -3.71. The number of para-hydroxylation sites is 1. The van der Waals surface area contributed by atoms with Gasteiger partial charge in [-0.2, -0.15) is 0 Å². The Bertz CT molecular complexity index is 962. The Kier molecular flexibility index (Phi) is 3.85. The molecule has 1 amide bonds. The number of aromatic nitrogens is 2. The SMILES string of the molecule is NS(=O)(=O)c1ccc(CNC(=O)c2cccc3[nH]cnc23)cc1. The number of nitrogens with two attached hydrogens (primary N) is 1. The number of sulfonamides is 1. The van der Waals surface area contributed by atoms with E-state index in [2.05, 4.69) is 15.3 Å². The number of nitrogens with zero attached hydrogens (tertiary/aromatic N) is 1. The first-order valence-corrected chi connectivity index (χ1v) is 8.32. The molecule has 0 saturated carbocycles. The zero-order valence-electron chi connectivity index (χ0n) is 12.0. The lowest BCUT2D eigenvalue weighted by Crippen LogP contribution is -2.23. The Morgan fingerprint density at radius 1 is 1.17 bits per heavy atom. The van der Waals surface area contributed by atoms with Crippen LogP contribution in [0.5, 0.6) is 0 Å². The van der Waals surface area contributed by atoms with E-state index in [1.54, 1.807) is 24.3 Å². The number of amides is 1. The molecule has 1 heterocycles. The highest BCUT2D eigenvalue weighted by atomic mass is 32.2. The van der Waals surface area contributed by atoms with Crippen LogP contribution < -0.4 is 10.5 Å². The third kappa shape index (κ3) is 3.22. The summed E-state index contributed by atoms with van der Waals surface area (Å²) in [6, 6.07) is 11.3. The first kappa shape index (κ1) is 15.2. The Morgan fingerprint density at radius 2 is 1.91 bits per heavy atom. The molecule has 1 aromatic heterocycles. The fourth-order valence-corrected chi connectivity index (χ4v) is 2.74. The first-order valence-electron chi connectivity index (χ1n) is 6.77. The highest BCUT2D eigenvalue weighted by Gasteiger charge is 2.12. The number of carbonyl (C=O) groups excluding carboxylic acids is 1. The summed E-state index contributed by atoms with van der Waals surface area (Å²) in [5.41, 5.74) is 2.63. The van der Waals surface area contributed by atoms with E-state index in [0.717, 1.165) is 11.1 Å². The molecule has 7 nitrogen and oxygen atoms in total. The number of primary sulfonamides is 1. The summed E-state index contributed by atoms with van der Waals surface area (Å²) < 4.78 is 22.4. The van der Waals surface area contributed by atoms with Crippen LogP contribution >= 0.6 is 0 Å². The van der Waals surface area contributed by atoms with Crippen molar-refractivity contribution in [3.8, 4) is 0 Å². The summed E-state index contributed by atoms with van der Waals surface area (Å²) in [4.78, 5) is 19.4. The van der Waals surface area contributed by atoms with E-state index in [9.17, 15) is 13.2 Å². The van der Waals surface area contributed by atoms with E-state index in [1.807, 2.05) is 6.07 Å². The number of hydrogen-bond acceptors (Lipinski definition) is 4. The van der Waals surface area contributed by atoms with Gasteiger partial charge in [-0.3, -0.25) is 4.79 Å². The lowest BCUT2D eigenvalue weighted by molar-refractivity contribution is 0.0952. The minimum absolute atomic E-state index is 0.0360. The second-order valence-corrected chi connectivity index (χ2v) is 6.54. The van der Waals surface area contributed by atoms with Gasteiger partial charge in [0.1, 0.15) is 5.52 Å². The second-order valence-electron chi connectivity index (χ2n) is 4.98. The minimum Gasteiger partial charge on any atom is -0.348 e. The number of H-pyrrole nitrogens is 1. The highest BCUT2D eigenvalue weighted by Crippen LogP contribution is 2.15. The molecular weight excluding hydrogens is 316 g/mol. The lowest BCUT2D eigenvalue weighted by atomic mass is 10.1. The first-order chi connectivity index (χ1) is 10.9. The summed E-state index contributed by atoms with van der Waals surface area (Å²) in [5, 5.41) is 7.82. The Morgan fingerprint density at radius 3 is 2.61 bits per heavy atom. The smallest absolute Gasteiger partial charge is 0.253 e. The number of aromatic amines is 1. The molecule has 0 spiro atoms. The Labute approximate surface area is 132 Å². The molecule has 2 aromatic carbocycles. The van der Waals surface area contributed by atoms with Gasteiger partial charge in [-0.25, -0.2) is 18.5 Å². The van der Waals surface area contributed by atoms with Crippen molar-refractivity contribution in [1.82, 2.24) is 15.3 Å². The fourth-order valence-electron chi connectivity index (χ4n) is 2.22. The summed E-state index contributed by atoms with van der Waals surface area (Å²) in [5.74, 6) is -0.252. The van der Waals surface area contributed by atoms with Crippen molar-refractivity contribution in [3.05, 3.63) is 59.9 Å². The maximum absolute atomic E-state index is 12.3. The maximum Gasteiger partial charge on any atom is 0.253 e. The average molecular weight is 330 g/mol. The van der Waals surface area contributed by atoms with Crippen LogP contribution in [0.15, 0.2) is 53.7 Å². The number of fused-ring (bicyclic) bond motifs is 1. The summed E-state index contributed by atoms with van der Waals surface area (Å²) in [6.07, 6.45) is 1.54. The molecule has 8 heteroatoms. The van der Waals surface area contributed by atoms with Crippen molar-refractivity contribution in [3.63, 3.8) is 0 Å². The summed E-state index contributed by atoms with van der Waals surface area (Å²) >= 11 is 0. The number of imidazole rings is 1. The molecule has 3 aromatic rings. The van der Waals surface area contributed by atoms with E-state index in [1.165, 1.54) is 18.5 Å². The predicted molar refractivity (Wildman–Crippen MR) is 85.1 cm³/mol. The molecule has 0 saturated heterocycles. The van der Waals surface area contributed by atoms with E-state index >= 15 is 0 Å². The lowest BCUT2D eigenvalue weighted by Gasteiger charge is -2.07. The molecule has 0 aliphatic rings. The molecule has 118 valence electrons. The predicted octanol–water partition coefficient (Wildman–Crippen LogP) is 1.14. The molecule has 0 aliphatic heterocycles. The third-order valence-electron chi connectivity index (χ3n) is 3.40. The molecule has 23 heavy (non-hydrogen) atoms. The molecule has 0 unspecified atom stereocenters. The van der Waals surface area contributed by atoms with Crippen molar-refractivity contribution in [2.24, 2.45) is 5.14 Å². The molecule has 0 bridgehead atoms. The zero-order chi connectivity index (χ0) is 16.4. The van der Waals surface area contributed by atoms with Gasteiger partial charge < -0.3 is 10.3 Å². The summed E-state index contributed by atoms with van der Waals surface area (Å²) in [6.45, 7) is 0.268. The standard InChI is InChI=1S/C15H14N4O3S/c16-23(21,22)11-6-4-10(5-7-11)8-17-15(20)12-2-1-3-13-14(12)19-9-18-13/h1-7,9H,8H2,(H,17,20)(H,18,19)(H2,16,21,22). The average Bonchev–Trinajstić information content (AvgIpc) is 3.00. The van der Waals surface area contributed by atoms with Crippen molar-refractivity contribution in [1.29, 1.82) is 0 Å². The van der Waals surface area contributed by atoms with E-state index < -0.39 is 10.0 Å². The monoisotopic (exact) mass is 330 g/mol. The quantitative estimate of drug-likeness (QED) is 0.664. The van der Waals surface area contributed by atoms with Crippen LogP contribution in [0.3, 0.4) is 0 Å². The van der Waals surface area contributed by atoms with Gasteiger partial charge in [0, 0.05) is 6.54 Å². The van der Waals surface area contributed by atoms with Crippen LogP contribution in [0.25, 0.3) is 11.0 Å². The van der Waals surface area contributed by atoms with Gasteiger partial charge in [0.15, 0.2) is 0 Å². The number of carbonyl (C=O) groups is 1. The number of rotatable bonds is 4. The molecule has 0 fully saturated rings. The number of benzene rings is 2. The molecule has 3 rings (SSSR count). The van der Waals surface area contributed by atoms with Crippen LogP contribution in [0.2, 0.25) is 0 Å². The van der Waals surface area contributed by atoms with E-state index in [4.69, 9.17) is 5.14 Å². The van der Waals surface area contributed by atoms with Gasteiger partial charge >= 0.3 is 0 Å². The molecule has 0 atom stereocenters. The largest absolute Gasteiger partial charge is 0.348 e. The van der Waals surface area contributed by atoms with Crippen molar-refractivity contribution in [2.75, 3.05) is 0 Å². The molecule has 0 aliphatic carbocycles. The second kappa shape index (κ2) is 5.82. The van der Waals surface area contributed by atoms with Gasteiger partial charge in [-0.05, 0) is 29.8 Å². The van der Waals surface area contributed by atoms with Gasteiger partial charge in [-0.15, -0.1) is 0 Å². The molecule has 4 N–H and O–H groups in total. The van der Waals surface area contributed by atoms with Crippen LogP contribution in [-0.4, -0.2) is 24.3 Å². The number of hydrogen-bond donors (Lipinski definition) is 3. The normalized spacial score (nSPS) is 11.5. The van der Waals surface area contributed by atoms with Crippen molar-refractivity contribution in [2.45, 2.75) is 11.4 Å². The zero-order valence-corrected chi connectivity index (χ0v) is 12.8. The fraction of sp³-hybridized carbons (Fsp3) is 0.0667. The van der Waals surface area contributed by atoms with Crippen LogP contribution in [-0.2, 0) is 16.6 Å². The van der Waals surface area contributed by atoms with Gasteiger partial charge in [-0.1, -0.05) is 18.2 Å². The topological polar surface area (TPSA) is 118 Å². The third-order valence-corrected chi connectivity index (χ3v) is 4.33.